The van der Waals surface area contributed by atoms with E-state index in [0.717, 1.165) is 18.8 Å². The van der Waals surface area contributed by atoms with Crippen molar-refractivity contribution in [3.05, 3.63) is 23.8 Å². The fourth-order valence-electron chi connectivity index (χ4n) is 2.34. The summed E-state index contributed by atoms with van der Waals surface area (Å²) in [5.74, 6) is 0. The highest BCUT2D eigenvalue weighted by atomic mass is 16.5. The molecule has 1 aliphatic heterocycles. The van der Waals surface area contributed by atoms with E-state index in [2.05, 4.69) is 37.8 Å². The summed E-state index contributed by atoms with van der Waals surface area (Å²) in [6.45, 7) is 8.23. The number of morpholine rings is 1. The molecular formula is C13H20N2O. The average molecular weight is 220 g/mol. The van der Waals surface area contributed by atoms with Crippen molar-refractivity contribution in [2.24, 2.45) is 0 Å². The van der Waals surface area contributed by atoms with Crippen molar-refractivity contribution in [2.75, 3.05) is 23.7 Å². The Labute approximate surface area is 97.2 Å². The molecule has 0 amide bonds. The highest BCUT2D eigenvalue weighted by molar-refractivity contribution is 5.61. The van der Waals surface area contributed by atoms with Crippen molar-refractivity contribution in [3.8, 4) is 0 Å². The van der Waals surface area contributed by atoms with Crippen molar-refractivity contribution in [1.29, 1.82) is 0 Å². The highest BCUT2D eigenvalue weighted by Gasteiger charge is 2.23. The van der Waals surface area contributed by atoms with Gasteiger partial charge in [-0.3, -0.25) is 0 Å². The van der Waals surface area contributed by atoms with E-state index >= 15 is 0 Å². The van der Waals surface area contributed by atoms with E-state index < -0.39 is 0 Å². The van der Waals surface area contributed by atoms with Gasteiger partial charge in [0.1, 0.15) is 0 Å². The van der Waals surface area contributed by atoms with E-state index in [-0.39, 0.29) is 12.2 Å². The Morgan fingerprint density at radius 1 is 1.25 bits per heavy atom. The standard InChI is InChI=1S/C13H20N2O/c1-9-4-5-12(14)6-13(9)15-7-10(2)16-11(3)8-15/h4-6,10-11H,7-8,14H2,1-3H3. The van der Waals surface area contributed by atoms with E-state index in [9.17, 15) is 0 Å². The molecule has 1 aliphatic rings. The number of rotatable bonds is 1. The van der Waals surface area contributed by atoms with Gasteiger partial charge in [0, 0.05) is 24.5 Å². The van der Waals surface area contributed by atoms with Gasteiger partial charge >= 0.3 is 0 Å². The summed E-state index contributed by atoms with van der Waals surface area (Å²) in [5.41, 5.74) is 9.18. The third-order valence-electron chi connectivity index (χ3n) is 2.99. The maximum atomic E-state index is 5.85. The summed E-state index contributed by atoms with van der Waals surface area (Å²) in [4.78, 5) is 2.37. The SMILES string of the molecule is Cc1ccc(N)cc1N1CC(C)OC(C)C1. The van der Waals surface area contributed by atoms with Crippen LogP contribution in [0.15, 0.2) is 18.2 Å². The van der Waals surface area contributed by atoms with E-state index in [1.165, 1.54) is 11.3 Å². The zero-order valence-electron chi connectivity index (χ0n) is 10.2. The third-order valence-corrected chi connectivity index (χ3v) is 2.99. The van der Waals surface area contributed by atoms with Gasteiger partial charge in [0.2, 0.25) is 0 Å². The highest BCUT2D eigenvalue weighted by Crippen LogP contribution is 2.26. The van der Waals surface area contributed by atoms with Gasteiger partial charge in [-0.2, -0.15) is 0 Å². The molecule has 1 heterocycles. The number of aryl methyl sites for hydroxylation is 1. The first-order chi connectivity index (χ1) is 7.56. The van der Waals surface area contributed by atoms with E-state index in [1.54, 1.807) is 0 Å². The molecule has 1 aromatic rings. The summed E-state index contributed by atoms with van der Waals surface area (Å²) in [6, 6.07) is 6.09. The molecule has 0 radical (unpaired) electrons. The second kappa shape index (κ2) is 4.34. The number of nitrogens with two attached hydrogens (primary N) is 1. The Morgan fingerprint density at radius 3 is 2.50 bits per heavy atom. The van der Waals surface area contributed by atoms with Crippen LogP contribution in [0, 0.1) is 6.92 Å². The molecule has 1 aromatic carbocycles. The van der Waals surface area contributed by atoms with Crippen molar-refractivity contribution in [1.82, 2.24) is 0 Å². The van der Waals surface area contributed by atoms with E-state index in [0.29, 0.717) is 0 Å². The van der Waals surface area contributed by atoms with Gasteiger partial charge in [0.05, 0.1) is 12.2 Å². The smallest absolute Gasteiger partial charge is 0.0726 e. The van der Waals surface area contributed by atoms with E-state index in [4.69, 9.17) is 10.5 Å². The molecule has 0 spiro atoms. The van der Waals surface area contributed by atoms with Crippen LogP contribution in [0.4, 0.5) is 11.4 Å². The number of benzene rings is 1. The molecular weight excluding hydrogens is 200 g/mol. The number of hydrogen-bond donors (Lipinski definition) is 1. The maximum absolute atomic E-state index is 5.85. The first kappa shape index (κ1) is 11.3. The van der Waals surface area contributed by atoms with Crippen LogP contribution in [0.1, 0.15) is 19.4 Å². The Kier molecular flexibility index (Phi) is 3.06. The van der Waals surface area contributed by atoms with Crippen LogP contribution in [0.25, 0.3) is 0 Å². The van der Waals surface area contributed by atoms with Crippen LogP contribution in [-0.2, 0) is 4.74 Å². The lowest BCUT2D eigenvalue weighted by molar-refractivity contribution is -0.00524. The largest absolute Gasteiger partial charge is 0.399 e. The minimum absolute atomic E-state index is 0.282. The van der Waals surface area contributed by atoms with Crippen molar-refractivity contribution in [2.45, 2.75) is 33.0 Å². The predicted molar refractivity (Wildman–Crippen MR) is 67.8 cm³/mol. The molecule has 0 aliphatic carbocycles. The first-order valence-corrected chi connectivity index (χ1v) is 5.83. The molecule has 0 bridgehead atoms. The van der Waals surface area contributed by atoms with Crippen LogP contribution in [0.3, 0.4) is 0 Å². The molecule has 0 saturated carbocycles. The van der Waals surface area contributed by atoms with Crippen molar-refractivity contribution >= 4 is 11.4 Å². The quantitative estimate of drug-likeness (QED) is 0.737. The van der Waals surface area contributed by atoms with Crippen LogP contribution >= 0.6 is 0 Å². The fraction of sp³-hybridized carbons (Fsp3) is 0.538. The lowest BCUT2D eigenvalue weighted by Gasteiger charge is -2.37. The zero-order valence-corrected chi connectivity index (χ0v) is 10.2. The molecule has 0 aromatic heterocycles. The molecule has 2 N–H and O–H groups in total. The van der Waals surface area contributed by atoms with Crippen molar-refractivity contribution in [3.63, 3.8) is 0 Å². The predicted octanol–water partition coefficient (Wildman–Crippen LogP) is 2.19. The molecule has 3 heteroatoms. The number of nitrogen functional groups attached to an aromatic ring is 1. The van der Waals surface area contributed by atoms with Gasteiger partial charge < -0.3 is 15.4 Å². The Morgan fingerprint density at radius 2 is 1.88 bits per heavy atom. The van der Waals surface area contributed by atoms with E-state index in [1.807, 2.05) is 6.07 Å². The number of ether oxygens (including phenoxy) is 1. The van der Waals surface area contributed by atoms with Gasteiger partial charge in [0.25, 0.3) is 0 Å². The Hall–Kier alpha value is -1.22. The maximum Gasteiger partial charge on any atom is 0.0726 e. The lowest BCUT2D eigenvalue weighted by Crippen LogP contribution is -2.45. The summed E-state index contributed by atoms with van der Waals surface area (Å²) in [5, 5.41) is 0. The summed E-state index contributed by atoms with van der Waals surface area (Å²) < 4.78 is 5.74. The lowest BCUT2D eigenvalue weighted by atomic mass is 10.1. The van der Waals surface area contributed by atoms with Gasteiger partial charge in [-0.25, -0.2) is 0 Å². The van der Waals surface area contributed by atoms with Gasteiger partial charge in [-0.1, -0.05) is 6.07 Å². The Bertz CT molecular complexity index is 368. The molecule has 1 fully saturated rings. The third kappa shape index (κ3) is 2.30. The van der Waals surface area contributed by atoms with Gasteiger partial charge in [-0.15, -0.1) is 0 Å². The molecule has 1 saturated heterocycles. The second-order valence-electron chi connectivity index (χ2n) is 4.71. The first-order valence-electron chi connectivity index (χ1n) is 5.83. The number of nitrogens with zero attached hydrogens (tertiary/aromatic N) is 1. The topological polar surface area (TPSA) is 38.5 Å². The zero-order chi connectivity index (χ0) is 11.7. The molecule has 88 valence electrons. The monoisotopic (exact) mass is 220 g/mol. The van der Waals surface area contributed by atoms with Crippen LogP contribution in [0.2, 0.25) is 0 Å². The average Bonchev–Trinajstić information content (AvgIpc) is 2.20. The van der Waals surface area contributed by atoms with Crippen LogP contribution in [-0.4, -0.2) is 25.3 Å². The fourth-order valence-corrected chi connectivity index (χ4v) is 2.34. The van der Waals surface area contributed by atoms with Crippen LogP contribution < -0.4 is 10.6 Å². The summed E-state index contributed by atoms with van der Waals surface area (Å²) in [7, 11) is 0. The molecule has 16 heavy (non-hydrogen) atoms. The molecule has 2 rings (SSSR count). The molecule has 3 nitrogen and oxygen atoms in total. The number of hydrogen-bond acceptors (Lipinski definition) is 3. The number of anilines is 2. The van der Waals surface area contributed by atoms with Crippen molar-refractivity contribution < 1.29 is 4.74 Å². The molecule has 2 atom stereocenters. The summed E-state index contributed by atoms with van der Waals surface area (Å²) in [6.07, 6.45) is 0.564. The normalized spacial score (nSPS) is 25.8. The minimum atomic E-state index is 0.282. The minimum Gasteiger partial charge on any atom is -0.399 e. The van der Waals surface area contributed by atoms with Gasteiger partial charge in [-0.05, 0) is 38.5 Å². The second-order valence-corrected chi connectivity index (χ2v) is 4.71. The summed E-state index contributed by atoms with van der Waals surface area (Å²) >= 11 is 0. The van der Waals surface area contributed by atoms with Crippen LogP contribution in [0.5, 0.6) is 0 Å². The Balaban J connectivity index is 2.25. The molecule has 2 unspecified atom stereocenters. The van der Waals surface area contributed by atoms with Gasteiger partial charge in [0.15, 0.2) is 0 Å².